The first-order chi connectivity index (χ1) is 26.2. The van der Waals surface area contributed by atoms with E-state index in [-0.39, 0.29) is 35.1 Å². The fraction of sp³-hybridized carbons (Fsp3) is 0.432. The minimum atomic E-state index is -0.547. The average Bonchev–Trinajstić information content (AvgIpc) is 3.61. The molecule has 1 aliphatic rings. The molecule has 1 heterocycles. The number of rotatable bonds is 14. The molecule has 11 heteroatoms. The van der Waals surface area contributed by atoms with Crippen LogP contribution in [0.25, 0.3) is 11.3 Å². The highest BCUT2D eigenvalue weighted by molar-refractivity contribution is 6.34. The van der Waals surface area contributed by atoms with Gasteiger partial charge in [0.15, 0.2) is 0 Å². The van der Waals surface area contributed by atoms with Gasteiger partial charge in [0.1, 0.15) is 22.9 Å². The number of nitrogens with one attached hydrogen (secondary N) is 4. The van der Waals surface area contributed by atoms with Gasteiger partial charge in [0.25, 0.3) is 5.91 Å². The highest BCUT2D eigenvalue weighted by Gasteiger charge is 2.26. The Kier molecular flexibility index (Phi) is 14.0. The number of nitrogens with zero attached hydrogens (tertiary/aromatic N) is 1. The van der Waals surface area contributed by atoms with Gasteiger partial charge in [-0.15, -0.1) is 0 Å². The predicted molar refractivity (Wildman–Crippen MR) is 216 cm³/mol. The molecule has 1 aromatic heterocycles. The van der Waals surface area contributed by atoms with Gasteiger partial charge in [-0.1, -0.05) is 53.6 Å². The Morgan fingerprint density at radius 1 is 0.982 bits per heavy atom. The van der Waals surface area contributed by atoms with E-state index in [1.54, 1.807) is 19.2 Å². The van der Waals surface area contributed by atoms with E-state index in [1.165, 1.54) is 11.1 Å². The van der Waals surface area contributed by atoms with Crippen molar-refractivity contribution in [2.24, 2.45) is 0 Å². The summed E-state index contributed by atoms with van der Waals surface area (Å²) < 4.78 is 17.4. The summed E-state index contributed by atoms with van der Waals surface area (Å²) in [5.41, 5.74) is 5.28. The van der Waals surface area contributed by atoms with Crippen molar-refractivity contribution in [3.05, 3.63) is 111 Å². The van der Waals surface area contributed by atoms with Crippen molar-refractivity contribution in [2.75, 3.05) is 13.7 Å². The lowest BCUT2D eigenvalue weighted by Gasteiger charge is -2.31. The first-order valence-electron chi connectivity index (χ1n) is 19.0. The number of methoxy groups -OCH3 is 1. The lowest BCUT2D eigenvalue weighted by atomic mass is 9.91. The molecule has 2 unspecified atom stereocenters. The van der Waals surface area contributed by atoms with Crippen molar-refractivity contribution in [1.29, 1.82) is 5.26 Å². The number of benzene rings is 3. The number of nitriles is 1. The highest BCUT2D eigenvalue weighted by Crippen LogP contribution is 2.36. The molecule has 2 atom stereocenters. The molecule has 55 heavy (non-hydrogen) atoms. The van der Waals surface area contributed by atoms with Gasteiger partial charge in [0, 0.05) is 36.8 Å². The van der Waals surface area contributed by atoms with Crippen molar-refractivity contribution in [1.82, 2.24) is 21.3 Å². The van der Waals surface area contributed by atoms with Gasteiger partial charge in [0.05, 0.1) is 41.4 Å². The van der Waals surface area contributed by atoms with Crippen molar-refractivity contribution >= 4 is 23.6 Å². The largest absolute Gasteiger partial charge is 0.496 e. The van der Waals surface area contributed by atoms with E-state index in [4.69, 9.17) is 25.5 Å². The van der Waals surface area contributed by atoms with Gasteiger partial charge in [-0.25, -0.2) is 4.79 Å². The SMILES string of the molecule is COc1cc(Cl)c(C(=O)NC(CN[C@H]2CC[C@@H](NC(=O)OC(C)(C)C)CC2)Cc2ccc(C#N)c(C)c2)cc1-c1ccc(CNC(C)c2ccc(C)cc2)o1. The van der Waals surface area contributed by atoms with Crippen LogP contribution < -0.4 is 26.0 Å². The summed E-state index contributed by atoms with van der Waals surface area (Å²) in [6.07, 6.45) is 3.54. The highest BCUT2D eigenvalue weighted by atomic mass is 35.5. The monoisotopic (exact) mass is 767 g/mol. The van der Waals surface area contributed by atoms with Crippen LogP contribution in [0.1, 0.15) is 103 Å². The van der Waals surface area contributed by atoms with Crippen molar-refractivity contribution < 1.29 is 23.5 Å². The molecule has 1 fully saturated rings. The molecule has 1 saturated carbocycles. The molecule has 0 spiro atoms. The quantitative estimate of drug-likeness (QED) is 0.100. The van der Waals surface area contributed by atoms with Crippen molar-refractivity contribution in [3.63, 3.8) is 0 Å². The fourth-order valence-electron chi connectivity index (χ4n) is 6.86. The van der Waals surface area contributed by atoms with E-state index in [1.807, 2.05) is 58.0 Å². The number of halogens is 1. The zero-order valence-electron chi connectivity index (χ0n) is 33.0. The molecule has 3 aromatic carbocycles. The van der Waals surface area contributed by atoms with E-state index in [9.17, 15) is 14.9 Å². The Labute approximate surface area is 330 Å². The molecule has 0 aliphatic heterocycles. The molecule has 1 aliphatic carbocycles. The Balaban J connectivity index is 1.28. The third-order valence-electron chi connectivity index (χ3n) is 9.95. The molecule has 10 nitrogen and oxygen atoms in total. The topological polar surface area (TPSA) is 138 Å². The number of hydrogen-bond acceptors (Lipinski definition) is 8. The molecule has 2 amide bonds. The molecular weight excluding hydrogens is 714 g/mol. The van der Waals surface area contributed by atoms with Gasteiger partial charge >= 0.3 is 6.09 Å². The van der Waals surface area contributed by atoms with Crippen LogP contribution in [0, 0.1) is 25.2 Å². The maximum absolute atomic E-state index is 14.1. The summed E-state index contributed by atoms with van der Waals surface area (Å²) in [5.74, 6) is 1.48. The van der Waals surface area contributed by atoms with Gasteiger partial charge in [-0.3, -0.25) is 4.79 Å². The maximum Gasteiger partial charge on any atom is 0.407 e. The van der Waals surface area contributed by atoms with Gasteiger partial charge < -0.3 is 35.2 Å². The summed E-state index contributed by atoms with van der Waals surface area (Å²) >= 11 is 6.74. The van der Waals surface area contributed by atoms with Crippen LogP contribution in [0.15, 0.2) is 71.1 Å². The van der Waals surface area contributed by atoms with E-state index < -0.39 is 11.7 Å². The summed E-state index contributed by atoms with van der Waals surface area (Å²) in [6.45, 7) is 12.7. The van der Waals surface area contributed by atoms with Crippen LogP contribution in [0.4, 0.5) is 4.79 Å². The van der Waals surface area contributed by atoms with Crippen LogP contribution in [0.3, 0.4) is 0 Å². The zero-order chi connectivity index (χ0) is 39.7. The van der Waals surface area contributed by atoms with E-state index in [0.29, 0.717) is 47.7 Å². The summed E-state index contributed by atoms with van der Waals surface area (Å²) in [4.78, 5) is 26.4. The molecule has 4 aromatic rings. The first kappa shape index (κ1) is 41.3. The Morgan fingerprint density at radius 2 is 1.69 bits per heavy atom. The van der Waals surface area contributed by atoms with Crippen LogP contribution in [0.2, 0.25) is 5.02 Å². The third kappa shape index (κ3) is 11.8. The Morgan fingerprint density at radius 3 is 2.35 bits per heavy atom. The molecule has 0 radical (unpaired) electrons. The average molecular weight is 768 g/mol. The molecule has 0 saturated heterocycles. The predicted octanol–water partition coefficient (Wildman–Crippen LogP) is 8.71. The van der Waals surface area contributed by atoms with Crippen LogP contribution in [0.5, 0.6) is 5.75 Å². The van der Waals surface area contributed by atoms with Crippen LogP contribution in [-0.4, -0.2) is 49.4 Å². The summed E-state index contributed by atoms with van der Waals surface area (Å²) in [5, 5.41) is 23.2. The zero-order valence-corrected chi connectivity index (χ0v) is 33.7. The minimum Gasteiger partial charge on any atom is -0.496 e. The molecule has 5 rings (SSSR count). The number of carbonyl (C=O) groups excluding carboxylic acids is 2. The normalized spacial score (nSPS) is 16.8. The molecular formula is C44H54ClN5O5. The smallest absolute Gasteiger partial charge is 0.407 e. The van der Waals surface area contributed by atoms with Crippen LogP contribution >= 0.6 is 11.6 Å². The maximum atomic E-state index is 14.1. The molecule has 0 bridgehead atoms. The second-order valence-corrected chi connectivity index (χ2v) is 16.0. The molecule has 4 N–H and O–H groups in total. The van der Waals surface area contributed by atoms with Crippen molar-refractivity contribution in [2.45, 2.75) is 110 Å². The number of carbonyl (C=O) groups is 2. The number of hydrogen-bond donors (Lipinski definition) is 4. The second kappa shape index (κ2) is 18.7. The standard InChI is InChI=1S/C44H54ClN5O5/c1-27-8-11-31(12-9-27)29(3)47-26-36-18-19-40(54-36)38-22-37(39(45)23-41(38)53-7)42(51)49-35(21-30-10-13-32(24-46)28(2)20-30)25-48-33-14-16-34(17-15-33)50-43(52)55-44(4,5)6/h8-13,18-20,22-23,29,33-35,47-48H,14-17,21,25-26H2,1-7H3,(H,49,51)(H,50,52)/t29?,33-,34+,35?. The van der Waals surface area contributed by atoms with E-state index in [2.05, 4.69) is 65.4 Å². The molecule has 292 valence electrons. The minimum absolute atomic E-state index is 0.0557. The number of amides is 2. The lowest BCUT2D eigenvalue weighted by Crippen LogP contribution is -2.48. The Bertz CT molecular complexity index is 1970. The number of furan rings is 1. The number of aryl methyl sites for hydroxylation is 2. The van der Waals surface area contributed by atoms with Crippen molar-refractivity contribution in [3.8, 4) is 23.1 Å². The van der Waals surface area contributed by atoms with Crippen LogP contribution in [-0.2, 0) is 17.7 Å². The number of alkyl carbamates (subject to hydrolysis) is 1. The third-order valence-corrected chi connectivity index (χ3v) is 10.3. The Hall–Kier alpha value is -4.82. The van der Waals surface area contributed by atoms with E-state index >= 15 is 0 Å². The second-order valence-electron chi connectivity index (χ2n) is 15.6. The van der Waals surface area contributed by atoms with E-state index in [0.717, 1.165) is 42.6 Å². The van der Waals surface area contributed by atoms with Gasteiger partial charge in [-0.05, 0) is 115 Å². The fourth-order valence-corrected chi connectivity index (χ4v) is 7.10. The summed E-state index contributed by atoms with van der Waals surface area (Å²) in [7, 11) is 1.56. The first-order valence-corrected chi connectivity index (χ1v) is 19.4. The van der Waals surface area contributed by atoms with Gasteiger partial charge in [-0.2, -0.15) is 5.26 Å². The lowest BCUT2D eigenvalue weighted by molar-refractivity contribution is 0.0489. The number of ether oxygens (including phenoxy) is 2. The summed E-state index contributed by atoms with van der Waals surface area (Å²) in [6, 6.07) is 23.7. The van der Waals surface area contributed by atoms with Gasteiger partial charge in [0.2, 0.25) is 0 Å².